The Bertz CT molecular complexity index is 1050. The lowest BCUT2D eigenvalue weighted by Crippen LogP contribution is -2.62. The molecule has 0 bridgehead atoms. The van der Waals surface area contributed by atoms with Crippen LogP contribution in [0.5, 0.6) is 0 Å². The Labute approximate surface area is 188 Å². The van der Waals surface area contributed by atoms with Gasteiger partial charge in [-0.25, -0.2) is 0 Å². The van der Waals surface area contributed by atoms with Crippen LogP contribution in [0.15, 0.2) is 54.6 Å². The fraction of sp³-hybridized carbons (Fsp3) is 0.423. The van der Waals surface area contributed by atoms with E-state index in [0.717, 1.165) is 6.42 Å². The second kappa shape index (κ2) is 8.08. The molecular weight excluding hydrogens is 402 g/mol. The van der Waals surface area contributed by atoms with Crippen molar-refractivity contribution in [2.24, 2.45) is 5.92 Å². The molecule has 3 aliphatic rings. The molecule has 1 saturated heterocycles. The molecule has 0 aromatic heterocycles. The summed E-state index contributed by atoms with van der Waals surface area (Å²) in [5, 5.41) is 3.06. The van der Waals surface area contributed by atoms with Crippen molar-refractivity contribution in [3.8, 4) is 0 Å². The Kier molecular flexibility index (Phi) is 5.24. The number of nitrogens with zero attached hydrogens (tertiary/aromatic N) is 2. The second-order valence-electron chi connectivity index (χ2n) is 9.34. The molecule has 32 heavy (non-hydrogen) atoms. The normalized spacial score (nSPS) is 26.0. The number of carbonyl (C=O) groups is 3. The van der Waals surface area contributed by atoms with Crippen LogP contribution >= 0.6 is 0 Å². The highest BCUT2D eigenvalue weighted by Crippen LogP contribution is 2.47. The van der Waals surface area contributed by atoms with E-state index in [1.807, 2.05) is 31.2 Å². The first-order valence-corrected chi connectivity index (χ1v) is 11.5. The van der Waals surface area contributed by atoms with Crippen LogP contribution < -0.4 is 10.2 Å². The zero-order valence-electron chi connectivity index (χ0n) is 18.4. The lowest BCUT2D eigenvalue weighted by molar-refractivity contribution is -0.121. The molecule has 1 aliphatic carbocycles. The predicted octanol–water partition coefficient (Wildman–Crippen LogP) is 3.69. The Hall–Kier alpha value is -3.15. The number of anilines is 1. The van der Waals surface area contributed by atoms with Crippen molar-refractivity contribution in [2.45, 2.75) is 50.6 Å². The van der Waals surface area contributed by atoms with Crippen LogP contribution in [0.3, 0.4) is 0 Å². The van der Waals surface area contributed by atoms with Gasteiger partial charge in [-0.15, -0.1) is 0 Å². The fourth-order valence-electron chi connectivity index (χ4n) is 5.35. The summed E-state index contributed by atoms with van der Waals surface area (Å²) < 4.78 is 0. The van der Waals surface area contributed by atoms with Gasteiger partial charge in [-0.1, -0.05) is 42.5 Å². The number of nitrogens with one attached hydrogen (secondary N) is 1. The van der Waals surface area contributed by atoms with E-state index in [-0.39, 0.29) is 17.7 Å². The van der Waals surface area contributed by atoms with Gasteiger partial charge in [-0.3, -0.25) is 19.3 Å². The fourth-order valence-corrected chi connectivity index (χ4v) is 5.35. The van der Waals surface area contributed by atoms with Crippen LogP contribution in [0.25, 0.3) is 0 Å². The number of hydrogen-bond acceptors (Lipinski definition) is 3. The van der Waals surface area contributed by atoms with E-state index in [9.17, 15) is 14.4 Å². The van der Waals surface area contributed by atoms with Crippen LogP contribution in [0.4, 0.5) is 5.69 Å². The van der Waals surface area contributed by atoms with Gasteiger partial charge in [0.15, 0.2) is 0 Å². The smallest absolute Gasteiger partial charge is 0.257 e. The Balaban J connectivity index is 1.16. The summed E-state index contributed by atoms with van der Waals surface area (Å²) in [5.41, 5.74) is 1.95. The second-order valence-corrected chi connectivity index (χ2v) is 9.34. The summed E-state index contributed by atoms with van der Waals surface area (Å²) >= 11 is 0. The van der Waals surface area contributed by atoms with E-state index in [1.54, 1.807) is 15.9 Å². The summed E-state index contributed by atoms with van der Waals surface area (Å²) in [6, 6.07) is 17.8. The molecule has 2 fully saturated rings. The number of fused-ring (bicyclic) bond motifs is 3. The predicted molar refractivity (Wildman–Crippen MR) is 122 cm³/mol. The quantitative estimate of drug-likeness (QED) is 0.727. The molecule has 2 aromatic rings. The minimum absolute atomic E-state index is 0.0260. The van der Waals surface area contributed by atoms with Crippen LogP contribution in [0, 0.1) is 5.92 Å². The topological polar surface area (TPSA) is 69.7 Å². The molecule has 1 N–H and O–H groups in total. The number of carbonyl (C=O) groups excluding carboxylic acids is 3. The molecule has 2 aliphatic heterocycles. The zero-order valence-corrected chi connectivity index (χ0v) is 18.4. The molecule has 3 atom stereocenters. The Morgan fingerprint density at radius 1 is 1.09 bits per heavy atom. The third-order valence-electron chi connectivity index (χ3n) is 7.24. The molecule has 2 heterocycles. The SMILES string of the molecule is CC12CCC(=O)N1c1ccccc1C(=O)N2CCCC(=O)NCC1CC1c1ccccc1. The van der Waals surface area contributed by atoms with Crippen molar-refractivity contribution in [3.05, 3.63) is 65.7 Å². The summed E-state index contributed by atoms with van der Waals surface area (Å²) in [6.45, 7) is 3.12. The van der Waals surface area contributed by atoms with Gasteiger partial charge >= 0.3 is 0 Å². The van der Waals surface area contributed by atoms with Gasteiger partial charge in [-0.2, -0.15) is 0 Å². The van der Waals surface area contributed by atoms with Crippen LogP contribution in [0.2, 0.25) is 0 Å². The van der Waals surface area contributed by atoms with Gasteiger partial charge in [0.05, 0.1) is 11.3 Å². The molecule has 3 unspecified atom stereocenters. The first-order valence-electron chi connectivity index (χ1n) is 11.5. The lowest BCUT2D eigenvalue weighted by atomic mass is 9.98. The maximum absolute atomic E-state index is 13.2. The number of benzene rings is 2. The molecule has 6 heteroatoms. The summed E-state index contributed by atoms with van der Waals surface area (Å²) in [4.78, 5) is 41.8. The third kappa shape index (κ3) is 3.57. The van der Waals surface area contributed by atoms with Crippen molar-refractivity contribution in [1.29, 1.82) is 0 Å². The van der Waals surface area contributed by atoms with Crippen molar-refractivity contribution in [2.75, 3.05) is 18.0 Å². The molecular formula is C26H29N3O3. The number of para-hydroxylation sites is 1. The van der Waals surface area contributed by atoms with Crippen molar-refractivity contribution in [3.63, 3.8) is 0 Å². The van der Waals surface area contributed by atoms with Gasteiger partial charge in [0.25, 0.3) is 5.91 Å². The van der Waals surface area contributed by atoms with Crippen molar-refractivity contribution in [1.82, 2.24) is 10.2 Å². The van der Waals surface area contributed by atoms with E-state index in [4.69, 9.17) is 0 Å². The average Bonchev–Trinajstić information content (AvgIpc) is 3.52. The van der Waals surface area contributed by atoms with Crippen LogP contribution in [-0.4, -0.2) is 41.4 Å². The third-order valence-corrected chi connectivity index (χ3v) is 7.24. The van der Waals surface area contributed by atoms with Crippen LogP contribution in [-0.2, 0) is 9.59 Å². The van der Waals surface area contributed by atoms with Crippen molar-refractivity contribution >= 4 is 23.4 Å². The molecule has 0 radical (unpaired) electrons. The molecule has 2 aromatic carbocycles. The van der Waals surface area contributed by atoms with Crippen molar-refractivity contribution < 1.29 is 14.4 Å². The highest BCUT2D eigenvalue weighted by Gasteiger charge is 2.52. The van der Waals surface area contributed by atoms with E-state index in [0.29, 0.717) is 61.9 Å². The van der Waals surface area contributed by atoms with Crippen LogP contribution in [0.1, 0.15) is 60.9 Å². The van der Waals surface area contributed by atoms with Gasteiger partial charge in [0.1, 0.15) is 5.66 Å². The zero-order chi connectivity index (χ0) is 22.3. The standard InChI is InChI=1S/C26H29N3O3/c1-26-14-13-24(31)29(26)22-11-6-5-10-20(22)25(32)28(26)15-7-12-23(30)27-17-19-16-21(19)18-8-3-2-4-9-18/h2-6,8-11,19,21H,7,12-17H2,1H3,(H,27,30). The first-order chi connectivity index (χ1) is 15.5. The van der Waals surface area contributed by atoms with E-state index in [1.165, 1.54) is 5.56 Å². The Morgan fingerprint density at radius 2 is 1.84 bits per heavy atom. The highest BCUT2D eigenvalue weighted by molar-refractivity contribution is 6.10. The molecule has 6 nitrogen and oxygen atoms in total. The monoisotopic (exact) mass is 431 g/mol. The number of hydrogen-bond donors (Lipinski definition) is 1. The summed E-state index contributed by atoms with van der Waals surface area (Å²) in [6.07, 6.45) is 3.11. The van der Waals surface area contributed by atoms with E-state index in [2.05, 4.69) is 29.6 Å². The van der Waals surface area contributed by atoms with E-state index < -0.39 is 5.66 Å². The largest absolute Gasteiger partial charge is 0.356 e. The minimum Gasteiger partial charge on any atom is -0.356 e. The first kappa shape index (κ1) is 20.7. The Morgan fingerprint density at radius 3 is 2.66 bits per heavy atom. The molecule has 166 valence electrons. The van der Waals surface area contributed by atoms with Gasteiger partial charge in [0.2, 0.25) is 11.8 Å². The minimum atomic E-state index is -0.657. The number of rotatable bonds is 7. The molecule has 1 saturated carbocycles. The molecule has 3 amide bonds. The summed E-state index contributed by atoms with van der Waals surface area (Å²) in [5.74, 6) is 1.08. The maximum atomic E-state index is 13.2. The maximum Gasteiger partial charge on any atom is 0.257 e. The van der Waals surface area contributed by atoms with E-state index >= 15 is 0 Å². The number of amides is 3. The lowest BCUT2D eigenvalue weighted by Gasteiger charge is -2.48. The molecule has 0 spiro atoms. The summed E-state index contributed by atoms with van der Waals surface area (Å²) in [7, 11) is 0. The highest BCUT2D eigenvalue weighted by atomic mass is 16.2. The van der Waals surface area contributed by atoms with Gasteiger partial charge < -0.3 is 10.2 Å². The molecule has 5 rings (SSSR count). The average molecular weight is 432 g/mol. The van der Waals surface area contributed by atoms with Gasteiger partial charge in [0, 0.05) is 25.9 Å². The van der Waals surface area contributed by atoms with Gasteiger partial charge in [-0.05, 0) is 55.7 Å².